The Morgan fingerprint density at radius 2 is 1.36 bits per heavy atom. The summed E-state index contributed by atoms with van der Waals surface area (Å²) in [5, 5.41) is 0. The van der Waals surface area contributed by atoms with Crippen LogP contribution in [0.15, 0.2) is 0 Å². The van der Waals surface area contributed by atoms with Gasteiger partial charge < -0.3 is 16.2 Å². The lowest BCUT2D eigenvalue weighted by Crippen LogP contribution is -2.40. The van der Waals surface area contributed by atoms with Crippen molar-refractivity contribution in [2.24, 2.45) is 11.5 Å². The van der Waals surface area contributed by atoms with E-state index in [1.54, 1.807) is 0 Å². The van der Waals surface area contributed by atoms with Crippen molar-refractivity contribution in [3.63, 3.8) is 0 Å². The maximum atomic E-state index is 11.8. The van der Waals surface area contributed by atoms with Crippen molar-refractivity contribution in [3.05, 3.63) is 0 Å². The number of Topliss-reactive ketones (excluding diaryl/α,β-unsaturated/α-hetero) is 1. The van der Waals surface area contributed by atoms with Gasteiger partial charge in [-0.05, 0) is 6.42 Å². The van der Waals surface area contributed by atoms with Crippen molar-refractivity contribution in [2.45, 2.75) is 77.2 Å². The monoisotopic (exact) mass is 314 g/mol. The molecule has 22 heavy (non-hydrogen) atoms. The first-order valence-corrected chi connectivity index (χ1v) is 8.21. The van der Waals surface area contributed by atoms with E-state index in [4.69, 9.17) is 16.2 Å². The van der Waals surface area contributed by atoms with Gasteiger partial charge in [0.25, 0.3) is 5.91 Å². The predicted molar refractivity (Wildman–Crippen MR) is 85.0 cm³/mol. The molecule has 0 aromatic heterocycles. The lowest BCUT2D eigenvalue weighted by molar-refractivity contribution is -0.144. The smallest absolute Gasteiger partial charge is 0.254 e. The number of hydrogen-bond acceptors (Lipinski definition) is 4. The zero-order chi connectivity index (χ0) is 16.8. The Morgan fingerprint density at radius 3 is 1.82 bits per heavy atom. The van der Waals surface area contributed by atoms with Crippen LogP contribution in [-0.2, 0) is 19.1 Å². The van der Waals surface area contributed by atoms with Gasteiger partial charge in [0, 0.05) is 6.42 Å². The molecule has 2 amide bonds. The molecule has 0 heterocycles. The van der Waals surface area contributed by atoms with E-state index in [0.29, 0.717) is 6.42 Å². The molecule has 1 unspecified atom stereocenters. The maximum absolute atomic E-state index is 11.8. The van der Waals surface area contributed by atoms with Crippen molar-refractivity contribution >= 4 is 17.6 Å². The minimum Gasteiger partial charge on any atom is -0.368 e. The molecule has 0 aliphatic carbocycles. The molecule has 6 nitrogen and oxygen atoms in total. The highest BCUT2D eigenvalue weighted by Gasteiger charge is 2.24. The molecule has 0 spiro atoms. The summed E-state index contributed by atoms with van der Waals surface area (Å²) in [6.07, 6.45) is 9.15. The van der Waals surface area contributed by atoms with Crippen molar-refractivity contribution in [1.82, 2.24) is 0 Å². The molecule has 0 bridgehead atoms. The van der Waals surface area contributed by atoms with Crippen LogP contribution in [0.1, 0.15) is 71.1 Å². The normalized spacial score (nSPS) is 12.0. The zero-order valence-corrected chi connectivity index (χ0v) is 13.6. The molecule has 1 atom stereocenters. The topological polar surface area (TPSA) is 112 Å². The van der Waals surface area contributed by atoms with E-state index in [1.807, 2.05) is 0 Å². The lowest BCUT2D eigenvalue weighted by atomic mass is 10.0. The quantitative estimate of drug-likeness (QED) is 0.354. The summed E-state index contributed by atoms with van der Waals surface area (Å²) in [7, 11) is 0. The number of ether oxygens (including phenoxy) is 1. The molecular weight excluding hydrogens is 284 g/mol. The van der Waals surface area contributed by atoms with Gasteiger partial charge in [-0.15, -0.1) is 0 Å². The van der Waals surface area contributed by atoms with Crippen LogP contribution in [0.5, 0.6) is 0 Å². The van der Waals surface area contributed by atoms with E-state index in [0.717, 1.165) is 12.8 Å². The van der Waals surface area contributed by atoms with Crippen molar-refractivity contribution in [1.29, 1.82) is 0 Å². The highest BCUT2D eigenvalue weighted by molar-refractivity contribution is 6.03. The number of rotatable bonds is 15. The fraction of sp³-hybridized carbons (Fsp3) is 0.812. The van der Waals surface area contributed by atoms with Gasteiger partial charge in [0.1, 0.15) is 6.61 Å². The van der Waals surface area contributed by atoms with Crippen LogP contribution in [0.2, 0.25) is 0 Å². The lowest BCUT2D eigenvalue weighted by Gasteiger charge is -2.12. The summed E-state index contributed by atoms with van der Waals surface area (Å²) in [5.41, 5.74) is 10.0. The molecule has 128 valence electrons. The van der Waals surface area contributed by atoms with Crippen LogP contribution >= 0.6 is 0 Å². The van der Waals surface area contributed by atoms with Gasteiger partial charge in [-0.2, -0.15) is 0 Å². The van der Waals surface area contributed by atoms with Gasteiger partial charge in [-0.1, -0.05) is 58.3 Å². The Bertz CT molecular complexity index is 345. The van der Waals surface area contributed by atoms with Crippen LogP contribution in [0.3, 0.4) is 0 Å². The van der Waals surface area contributed by atoms with Crippen molar-refractivity contribution in [2.75, 3.05) is 6.61 Å². The number of amides is 2. The second-order valence-corrected chi connectivity index (χ2v) is 5.60. The minimum atomic E-state index is -1.36. The first-order valence-electron chi connectivity index (χ1n) is 8.21. The Hall–Kier alpha value is -1.43. The fourth-order valence-corrected chi connectivity index (χ4v) is 2.24. The Balaban J connectivity index is 3.72. The number of primary amides is 2. The predicted octanol–water partition coefficient (Wildman–Crippen LogP) is 1.83. The van der Waals surface area contributed by atoms with Gasteiger partial charge >= 0.3 is 0 Å². The van der Waals surface area contributed by atoms with Gasteiger partial charge in [0.2, 0.25) is 5.91 Å². The number of carbonyl (C=O) groups is 3. The second-order valence-electron chi connectivity index (χ2n) is 5.60. The molecule has 0 rings (SSSR count). The van der Waals surface area contributed by atoms with E-state index in [1.165, 1.54) is 38.5 Å². The summed E-state index contributed by atoms with van der Waals surface area (Å²) in [4.78, 5) is 33.6. The van der Waals surface area contributed by atoms with E-state index in [-0.39, 0.29) is 12.2 Å². The third-order valence-corrected chi connectivity index (χ3v) is 3.47. The third kappa shape index (κ3) is 11.3. The molecule has 0 aliphatic heterocycles. The SMILES string of the molecule is CCCCCCCCCCCC(=O)C(OCC(N)=O)C(N)=O. The first kappa shape index (κ1) is 20.6. The van der Waals surface area contributed by atoms with Gasteiger partial charge in [-0.25, -0.2) is 0 Å². The molecule has 0 saturated carbocycles. The van der Waals surface area contributed by atoms with Crippen LogP contribution in [0.4, 0.5) is 0 Å². The maximum Gasteiger partial charge on any atom is 0.254 e. The second kappa shape index (κ2) is 13.2. The molecular formula is C16H30N2O4. The van der Waals surface area contributed by atoms with Gasteiger partial charge in [-0.3, -0.25) is 14.4 Å². The van der Waals surface area contributed by atoms with E-state index in [2.05, 4.69) is 6.92 Å². The molecule has 0 fully saturated rings. The Labute approximate surface area is 132 Å². The standard InChI is InChI=1S/C16H30N2O4/c1-2-3-4-5-6-7-8-9-10-11-13(19)15(16(18)21)22-12-14(17)20/h15H,2-12H2,1H3,(H2,17,20)(H2,18,21). The third-order valence-electron chi connectivity index (χ3n) is 3.47. The number of hydrogen-bond donors (Lipinski definition) is 2. The van der Waals surface area contributed by atoms with Crippen LogP contribution in [0.25, 0.3) is 0 Å². The van der Waals surface area contributed by atoms with E-state index < -0.39 is 24.5 Å². The molecule has 0 aromatic carbocycles. The van der Waals surface area contributed by atoms with Gasteiger partial charge in [0.15, 0.2) is 11.9 Å². The molecule has 0 aliphatic rings. The minimum absolute atomic E-state index is 0.238. The van der Waals surface area contributed by atoms with E-state index >= 15 is 0 Å². The van der Waals surface area contributed by atoms with Crippen LogP contribution in [-0.4, -0.2) is 30.3 Å². The zero-order valence-electron chi connectivity index (χ0n) is 13.6. The highest BCUT2D eigenvalue weighted by Crippen LogP contribution is 2.11. The largest absolute Gasteiger partial charge is 0.368 e. The van der Waals surface area contributed by atoms with Crippen LogP contribution < -0.4 is 11.5 Å². The number of unbranched alkanes of at least 4 members (excludes halogenated alkanes) is 8. The van der Waals surface area contributed by atoms with E-state index in [9.17, 15) is 14.4 Å². The number of nitrogens with two attached hydrogens (primary N) is 2. The Morgan fingerprint density at radius 1 is 0.864 bits per heavy atom. The number of carbonyl (C=O) groups excluding carboxylic acids is 3. The summed E-state index contributed by atoms with van der Waals surface area (Å²) in [6, 6.07) is 0. The number of ketones is 1. The molecule has 4 N–H and O–H groups in total. The summed E-state index contributed by atoms with van der Waals surface area (Å²) >= 11 is 0. The summed E-state index contributed by atoms with van der Waals surface area (Å²) < 4.78 is 4.86. The molecule has 6 heteroatoms. The summed E-state index contributed by atoms with van der Waals surface area (Å²) in [5.74, 6) is -1.99. The molecule has 0 radical (unpaired) electrons. The average Bonchev–Trinajstić information content (AvgIpc) is 2.45. The molecule has 0 aromatic rings. The highest BCUT2D eigenvalue weighted by atomic mass is 16.5. The molecule has 0 saturated heterocycles. The van der Waals surface area contributed by atoms with Crippen LogP contribution in [0, 0.1) is 0 Å². The first-order chi connectivity index (χ1) is 10.5. The van der Waals surface area contributed by atoms with Crippen molar-refractivity contribution in [3.8, 4) is 0 Å². The fourth-order valence-electron chi connectivity index (χ4n) is 2.24. The Kier molecular flexibility index (Phi) is 12.4. The average molecular weight is 314 g/mol. The van der Waals surface area contributed by atoms with Crippen molar-refractivity contribution < 1.29 is 19.1 Å². The summed E-state index contributed by atoms with van der Waals surface area (Å²) in [6.45, 7) is 1.72. The van der Waals surface area contributed by atoms with Gasteiger partial charge in [0.05, 0.1) is 0 Å².